The van der Waals surface area contributed by atoms with Crippen LogP contribution in [0.4, 0.5) is 5.82 Å². The lowest BCUT2D eigenvalue weighted by Gasteiger charge is -2.09. The Kier molecular flexibility index (Phi) is 3.61. The van der Waals surface area contributed by atoms with E-state index in [1.165, 1.54) is 6.07 Å². The summed E-state index contributed by atoms with van der Waals surface area (Å²) in [6.07, 6.45) is 0.638. The Bertz CT molecular complexity index is 613. The van der Waals surface area contributed by atoms with E-state index in [4.69, 9.17) is 16.2 Å². The Hall–Kier alpha value is -2.63. The number of nitrogens with zero attached hydrogens (tertiary/aromatic N) is 2. The molecule has 1 aromatic heterocycles. The van der Waals surface area contributed by atoms with E-state index in [1.54, 1.807) is 24.3 Å². The first-order valence-corrected chi connectivity index (χ1v) is 5.80. The smallest absolute Gasteiger partial charge is 0.252 e. The summed E-state index contributed by atoms with van der Waals surface area (Å²) in [6, 6.07) is 8.18. The molecule has 0 aliphatic heterocycles. The van der Waals surface area contributed by atoms with Gasteiger partial charge in [0.1, 0.15) is 17.4 Å². The molecule has 0 atom stereocenters. The van der Waals surface area contributed by atoms with Crippen molar-refractivity contribution in [2.24, 2.45) is 5.73 Å². The molecule has 0 fully saturated rings. The molecule has 0 unspecified atom stereocenters. The van der Waals surface area contributed by atoms with Crippen LogP contribution < -0.4 is 16.2 Å². The average Bonchev–Trinajstić information content (AvgIpc) is 2.38. The summed E-state index contributed by atoms with van der Waals surface area (Å²) in [5, 5.41) is 0. The molecule has 6 heteroatoms. The van der Waals surface area contributed by atoms with E-state index in [0.717, 1.165) is 0 Å². The van der Waals surface area contributed by atoms with E-state index in [0.29, 0.717) is 23.8 Å². The zero-order valence-corrected chi connectivity index (χ0v) is 10.5. The second kappa shape index (κ2) is 5.34. The fourth-order valence-corrected chi connectivity index (χ4v) is 1.57. The second-order valence-corrected chi connectivity index (χ2v) is 3.86. The van der Waals surface area contributed by atoms with Crippen LogP contribution in [0.3, 0.4) is 0 Å². The molecule has 1 aromatic carbocycles. The maximum absolute atomic E-state index is 11.3. The zero-order valence-electron chi connectivity index (χ0n) is 10.5. The van der Waals surface area contributed by atoms with Gasteiger partial charge in [0.05, 0.1) is 5.56 Å². The van der Waals surface area contributed by atoms with E-state index < -0.39 is 5.91 Å². The van der Waals surface area contributed by atoms with Crippen LogP contribution in [0.25, 0.3) is 0 Å². The number of rotatable bonds is 4. The molecule has 6 nitrogen and oxygen atoms in total. The highest BCUT2D eigenvalue weighted by Crippen LogP contribution is 2.24. The van der Waals surface area contributed by atoms with E-state index in [2.05, 4.69) is 9.97 Å². The van der Waals surface area contributed by atoms with Crippen LogP contribution in [0.2, 0.25) is 0 Å². The highest BCUT2D eigenvalue weighted by Gasteiger charge is 2.11. The molecule has 1 amide bonds. The lowest BCUT2D eigenvalue weighted by molar-refractivity contribution is 0.0998. The topological polar surface area (TPSA) is 104 Å². The van der Waals surface area contributed by atoms with Crippen LogP contribution in [0.1, 0.15) is 23.1 Å². The van der Waals surface area contributed by atoms with Crippen molar-refractivity contribution in [3.8, 4) is 11.6 Å². The number of primary amides is 1. The van der Waals surface area contributed by atoms with Crippen LogP contribution in [0.5, 0.6) is 11.6 Å². The number of benzene rings is 1. The van der Waals surface area contributed by atoms with Crippen LogP contribution in [0, 0.1) is 0 Å². The van der Waals surface area contributed by atoms with Crippen molar-refractivity contribution in [2.75, 3.05) is 5.73 Å². The van der Waals surface area contributed by atoms with Gasteiger partial charge in [-0.15, -0.1) is 0 Å². The molecule has 0 saturated heterocycles. The minimum absolute atomic E-state index is 0.290. The number of para-hydroxylation sites is 1. The summed E-state index contributed by atoms with van der Waals surface area (Å²) in [4.78, 5) is 19.5. The number of nitrogens with two attached hydrogens (primary N) is 2. The van der Waals surface area contributed by atoms with Gasteiger partial charge in [-0.3, -0.25) is 4.79 Å². The van der Waals surface area contributed by atoms with Crippen LogP contribution in [-0.2, 0) is 6.42 Å². The fraction of sp³-hybridized carbons (Fsp3) is 0.154. The quantitative estimate of drug-likeness (QED) is 0.865. The van der Waals surface area contributed by atoms with E-state index in [9.17, 15) is 4.79 Å². The van der Waals surface area contributed by atoms with Crippen molar-refractivity contribution in [1.29, 1.82) is 0 Å². The number of amides is 1. The third-order valence-electron chi connectivity index (χ3n) is 2.45. The standard InChI is InChI=1S/C13H14N4O2/c1-2-11-16-10(14)7-12(17-11)19-9-6-4-3-5-8(9)13(15)18/h3-7H,2H2,1H3,(H2,15,18)(H2,14,16,17). The number of carbonyl (C=O) groups is 1. The molecule has 2 rings (SSSR count). The molecular formula is C13H14N4O2. The van der Waals surface area contributed by atoms with Crippen LogP contribution >= 0.6 is 0 Å². The van der Waals surface area contributed by atoms with Gasteiger partial charge in [-0.1, -0.05) is 19.1 Å². The molecule has 0 spiro atoms. The van der Waals surface area contributed by atoms with E-state index in [-0.39, 0.29) is 11.4 Å². The van der Waals surface area contributed by atoms with Crippen LogP contribution in [-0.4, -0.2) is 15.9 Å². The van der Waals surface area contributed by atoms with Crippen molar-refractivity contribution >= 4 is 11.7 Å². The van der Waals surface area contributed by atoms with E-state index >= 15 is 0 Å². The Morgan fingerprint density at radius 1 is 1.32 bits per heavy atom. The lowest BCUT2D eigenvalue weighted by Crippen LogP contribution is -2.12. The molecule has 1 heterocycles. The van der Waals surface area contributed by atoms with Gasteiger partial charge >= 0.3 is 0 Å². The number of hydrogen-bond acceptors (Lipinski definition) is 5. The molecule has 19 heavy (non-hydrogen) atoms. The summed E-state index contributed by atoms with van der Waals surface area (Å²) >= 11 is 0. The Labute approximate surface area is 110 Å². The number of aromatic nitrogens is 2. The zero-order chi connectivity index (χ0) is 13.8. The number of aryl methyl sites for hydroxylation is 1. The maximum Gasteiger partial charge on any atom is 0.252 e. The molecule has 0 aliphatic carbocycles. The number of carbonyl (C=O) groups excluding carboxylic acids is 1. The third-order valence-corrected chi connectivity index (χ3v) is 2.45. The molecule has 0 radical (unpaired) electrons. The normalized spacial score (nSPS) is 10.2. The Morgan fingerprint density at radius 2 is 2.05 bits per heavy atom. The van der Waals surface area contributed by atoms with Crippen LogP contribution in [0.15, 0.2) is 30.3 Å². The predicted octanol–water partition coefficient (Wildman–Crippen LogP) is 1.51. The predicted molar refractivity (Wildman–Crippen MR) is 70.9 cm³/mol. The molecule has 2 aromatic rings. The SMILES string of the molecule is CCc1nc(N)cc(Oc2ccccc2C(N)=O)n1. The minimum Gasteiger partial charge on any atom is -0.438 e. The minimum atomic E-state index is -0.562. The Balaban J connectivity index is 2.36. The molecule has 4 N–H and O–H groups in total. The number of ether oxygens (including phenoxy) is 1. The summed E-state index contributed by atoms with van der Waals surface area (Å²) in [5.41, 5.74) is 11.2. The highest BCUT2D eigenvalue weighted by molar-refractivity contribution is 5.95. The first kappa shape index (κ1) is 12.8. The Morgan fingerprint density at radius 3 is 2.74 bits per heavy atom. The number of nitrogen functional groups attached to an aromatic ring is 1. The van der Waals surface area contributed by atoms with Crippen molar-refractivity contribution in [2.45, 2.75) is 13.3 Å². The largest absolute Gasteiger partial charge is 0.438 e. The summed E-state index contributed by atoms with van der Waals surface area (Å²) in [5.74, 6) is 0.964. The highest BCUT2D eigenvalue weighted by atomic mass is 16.5. The van der Waals surface area contributed by atoms with Gasteiger partial charge in [0.15, 0.2) is 0 Å². The van der Waals surface area contributed by atoms with Gasteiger partial charge in [-0.2, -0.15) is 4.98 Å². The summed E-state index contributed by atoms with van der Waals surface area (Å²) in [6.45, 7) is 1.91. The number of anilines is 1. The van der Waals surface area contributed by atoms with Crippen molar-refractivity contribution in [1.82, 2.24) is 9.97 Å². The van der Waals surface area contributed by atoms with Gasteiger partial charge in [0.25, 0.3) is 5.91 Å². The van der Waals surface area contributed by atoms with Crippen molar-refractivity contribution < 1.29 is 9.53 Å². The van der Waals surface area contributed by atoms with E-state index in [1.807, 2.05) is 6.92 Å². The fourth-order valence-electron chi connectivity index (χ4n) is 1.57. The number of hydrogen-bond donors (Lipinski definition) is 2. The van der Waals surface area contributed by atoms with Crippen molar-refractivity contribution in [3.63, 3.8) is 0 Å². The van der Waals surface area contributed by atoms with Gasteiger partial charge in [0.2, 0.25) is 5.88 Å². The molecule has 0 bridgehead atoms. The summed E-state index contributed by atoms with van der Waals surface area (Å²) in [7, 11) is 0. The van der Waals surface area contributed by atoms with Gasteiger partial charge in [-0.25, -0.2) is 4.98 Å². The third kappa shape index (κ3) is 2.98. The summed E-state index contributed by atoms with van der Waals surface area (Å²) < 4.78 is 5.56. The molecular weight excluding hydrogens is 244 g/mol. The average molecular weight is 258 g/mol. The van der Waals surface area contributed by atoms with Gasteiger partial charge < -0.3 is 16.2 Å². The monoisotopic (exact) mass is 258 g/mol. The first-order chi connectivity index (χ1) is 9.10. The molecule has 0 aliphatic rings. The van der Waals surface area contributed by atoms with Gasteiger partial charge in [-0.05, 0) is 12.1 Å². The first-order valence-electron chi connectivity index (χ1n) is 5.80. The maximum atomic E-state index is 11.3. The molecule has 98 valence electrons. The lowest BCUT2D eigenvalue weighted by atomic mass is 10.2. The van der Waals surface area contributed by atoms with Crippen molar-refractivity contribution in [3.05, 3.63) is 41.7 Å². The molecule has 0 saturated carbocycles. The second-order valence-electron chi connectivity index (χ2n) is 3.86. The van der Waals surface area contributed by atoms with Gasteiger partial charge in [0, 0.05) is 12.5 Å².